The van der Waals surface area contributed by atoms with Crippen molar-refractivity contribution in [1.29, 1.82) is 0 Å². The van der Waals surface area contributed by atoms with E-state index in [4.69, 9.17) is 28.9 Å². The number of carbonyl (C=O) groups excluding carboxylic acids is 1. The lowest BCUT2D eigenvalue weighted by atomic mass is 9.77. The third-order valence-corrected chi connectivity index (χ3v) is 5.12. The Hall–Kier alpha value is -2.07. The monoisotopic (exact) mass is 451 g/mol. The Bertz CT molecular complexity index is 970. The van der Waals surface area contributed by atoms with Gasteiger partial charge in [-0.25, -0.2) is 27.9 Å². The molecule has 29 heavy (non-hydrogen) atoms. The fraction of sp³-hybridized carbons (Fsp3) is 0.529. The number of rotatable bonds is 2. The molecular weight excluding hydrogens is 434 g/mol. The van der Waals surface area contributed by atoms with Crippen molar-refractivity contribution in [2.45, 2.75) is 45.3 Å². The number of nitrogens with zero attached hydrogens (tertiary/aromatic N) is 4. The van der Waals surface area contributed by atoms with Crippen LogP contribution in [0.15, 0.2) is 6.20 Å². The van der Waals surface area contributed by atoms with Crippen molar-refractivity contribution >= 4 is 46.0 Å². The second-order valence-electron chi connectivity index (χ2n) is 7.79. The molecular formula is C17H18Cl2F3N5O2. The predicted molar refractivity (Wildman–Crippen MR) is 102 cm³/mol. The van der Waals surface area contributed by atoms with E-state index >= 15 is 8.78 Å². The zero-order chi connectivity index (χ0) is 21.7. The number of primary amides is 1. The minimum atomic E-state index is -3.49. The third kappa shape index (κ3) is 3.87. The molecule has 12 heteroatoms. The highest BCUT2D eigenvalue weighted by atomic mass is 35.5. The minimum Gasteiger partial charge on any atom is -0.440 e. The van der Waals surface area contributed by atoms with Crippen LogP contribution < -0.4 is 10.6 Å². The number of carbonyl (C=O) groups is 1. The number of fused-ring (bicyclic) bond motifs is 1. The number of hydrogen-bond acceptors (Lipinski definition) is 6. The number of nitrogens with two attached hydrogens (primary N) is 1. The van der Waals surface area contributed by atoms with Crippen molar-refractivity contribution < 1.29 is 22.7 Å². The molecule has 1 aliphatic rings. The molecule has 0 aromatic carbocycles. The Kier molecular flexibility index (Phi) is 5.46. The number of anilines is 1. The fourth-order valence-electron chi connectivity index (χ4n) is 3.72. The topological polar surface area (TPSA) is 94.2 Å². The molecule has 0 saturated carbocycles. The molecule has 158 valence electrons. The zero-order valence-electron chi connectivity index (χ0n) is 15.7. The van der Waals surface area contributed by atoms with Gasteiger partial charge in [-0.05, 0) is 17.0 Å². The molecule has 3 heterocycles. The molecule has 1 saturated heterocycles. The zero-order valence-corrected chi connectivity index (χ0v) is 17.2. The van der Waals surface area contributed by atoms with Crippen molar-refractivity contribution in [3.8, 4) is 0 Å². The quantitative estimate of drug-likeness (QED) is 0.543. The van der Waals surface area contributed by atoms with Gasteiger partial charge in [0.25, 0.3) is 0 Å². The van der Waals surface area contributed by atoms with Gasteiger partial charge in [-0.2, -0.15) is 4.98 Å². The molecule has 7 nitrogen and oxygen atoms in total. The molecule has 1 fully saturated rings. The van der Waals surface area contributed by atoms with Crippen LogP contribution in [-0.2, 0) is 4.74 Å². The third-order valence-electron chi connectivity index (χ3n) is 4.68. The Morgan fingerprint density at radius 3 is 2.59 bits per heavy atom. The number of hydrogen-bond donors (Lipinski definition) is 1. The van der Waals surface area contributed by atoms with Crippen LogP contribution in [-0.4, -0.2) is 45.7 Å². The van der Waals surface area contributed by atoms with Crippen LogP contribution >= 0.6 is 23.2 Å². The summed E-state index contributed by atoms with van der Waals surface area (Å²) in [5, 5.41) is -0.680. The smallest absolute Gasteiger partial charge is 0.404 e. The highest BCUT2D eigenvalue weighted by Crippen LogP contribution is 2.46. The summed E-state index contributed by atoms with van der Waals surface area (Å²) in [5.41, 5.74) is 3.72. The van der Waals surface area contributed by atoms with Gasteiger partial charge in [0.1, 0.15) is 17.4 Å². The van der Waals surface area contributed by atoms with E-state index in [0.29, 0.717) is 0 Å². The number of ether oxygens (including phenoxy) is 1. The van der Waals surface area contributed by atoms with Gasteiger partial charge in [0.15, 0.2) is 17.1 Å². The second-order valence-corrected chi connectivity index (χ2v) is 8.49. The number of amides is 1. The Morgan fingerprint density at radius 2 is 2.00 bits per heavy atom. The summed E-state index contributed by atoms with van der Waals surface area (Å²) in [6, 6.07) is -1.49. The van der Waals surface area contributed by atoms with E-state index in [0.717, 1.165) is 0 Å². The summed E-state index contributed by atoms with van der Waals surface area (Å²) in [4.78, 5) is 24.1. The van der Waals surface area contributed by atoms with Crippen molar-refractivity contribution in [2.24, 2.45) is 11.1 Å². The lowest BCUT2D eigenvalue weighted by Crippen LogP contribution is -2.65. The average molecular weight is 452 g/mol. The van der Waals surface area contributed by atoms with E-state index in [-0.39, 0.29) is 35.0 Å². The first-order chi connectivity index (χ1) is 13.3. The van der Waals surface area contributed by atoms with Crippen molar-refractivity contribution in [3.63, 3.8) is 0 Å². The molecule has 2 unspecified atom stereocenters. The standard InChI is InChI=1S/C17H18Cl2F3N5O2/c1-16(2,3)13-17(21,22)8(29-15(23)28)4-5-27(13)12-7-6-24-11(18)9(20)10(7)25-14(19)26-12/h6,8,13H,4-5H2,1-3H3,(H2,23,28). The molecule has 0 bridgehead atoms. The van der Waals surface area contributed by atoms with Gasteiger partial charge in [-0.1, -0.05) is 32.4 Å². The first-order valence-electron chi connectivity index (χ1n) is 8.61. The normalized spacial score (nSPS) is 22.0. The molecule has 2 N–H and O–H groups in total. The molecule has 2 aromatic rings. The summed E-state index contributed by atoms with van der Waals surface area (Å²) in [6.45, 7) is 4.83. The summed E-state index contributed by atoms with van der Waals surface area (Å²) >= 11 is 11.7. The van der Waals surface area contributed by atoms with Crippen LogP contribution in [0, 0.1) is 11.2 Å². The lowest BCUT2D eigenvalue weighted by molar-refractivity contribution is -0.158. The van der Waals surface area contributed by atoms with E-state index in [9.17, 15) is 9.18 Å². The van der Waals surface area contributed by atoms with E-state index < -0.39 is 40.5 Å². The van der Waals surface area contributed by atoms with E-state index in [1.54, 1.807) is 20.8 Å². The van der Waals surface area contributed by atoms with Gasteiger partial charge in [-0.3, -0.25) is 0 Å². The number of aromatic nitrogens is 3. The molecule has 1 aliphatic heterocycles. The average Bonchev–Trinajstić information content (AvgIpc) is 2.57. The van der Waals surface area contributed by atoms with Crippen molar-refractivity contribution in [2.75, 3.05) is 11.4 Å². The first kappa shape index (κ1) is 21.6. The van der Waals surface area contributed by atoms with E-state index in [2.05, 4.69) is 19.7 Å². The maximum absolute atomic E-state index is 15.4. The number of alkyl halides is 2. The molecule has 0 radical (unpaired) electrons. The Labute approximate surface area is 174 Å². The predicted octanol–water partition coefficient (Wildman–Crippen LogP) is 4.19. The molecule has 0 aliphatic carbocycles. The summed E-state index contributed by atoms with van der Waals surface area (Å²) in [5.74, 6) is -4.44. The molecule has 2 aromatic heterocycles. The second kappa shape index (κ2) is 7.32. The van der Waals surface area contributed by atoms with Crippen LogP contribution in [0.25, 0.3) is 10.9 Å². The number of pyridine rings is 1. The lowest BCUT2D eigenvalue weighted by Gasteiger charge is -2.50. The van der Waals surface area contributed by atoms with Crippen LogP contribution in [0.4, 0.5) is 23.8 Å². The summed E-state index contributed by atoms with van der Waals surface area (Å²) in [7, 11) is 0. The van der Waals surface area contributed by atoms with Crippen LogP contribution in [0.1, 0.15) is 27.2 Å². The highest BCUT2D eigenvalue weighted by molar-refractivity contribution is 6.30. The maximum atomic E-state index is 15.4. The Morgan fingerprint density at radius 1 is 1.34 bits per heavy atom. The first-order valence-corrected chi connectivity index (χ1v) is 9.37. The maximum Gasteiger partial charge on any atom is 0.404 e. The van der Waals surface area contributed by atoms with E-state index in [1.165, 1.54) is 11.1 Å². The number of halogens is 5. The van der Waals surface area contributed by atoms with Crippen molar-refractivity contribution in [1.82, 2.24) is 15.0 Å². The number of piperidine rings is 1. The van der Waals surface area contributed by atoms with Crippen LogP contribution in [0.3, 0.4) is 0 Å². The van der Waals surface area contributed by atoms with Crippen LogP contribution in [0.2, 0.25) is 10.4 Å². The SMILES string of the molecule is CC(C)(C)C1N(c2nc(Cl)nc3c(F)c(Cl)ncc23)CCC(OC(N)=O)C1(F)F. The summed E-state index contributed by atoms with van der Waals surface area (Å²) < 4.78 is 49.9. The minimum absolute atomic E-state index is 0.0137. The molecule has 3 rings (SSSR count). The van der Waals surface area contributed by atoms with Gasteiger partial charge in [0.2, 0.25) is 5.28 Å². The van der Waals surface area contributed by atoms with Gasteiger partial charge in [0, 0.05) is 19.2 Å². The van der Waals surface area contributed by atoms with Gasteiger partial charge in [0.05, 0.1) is 5.39 Å². The van der Waals surface area contributed by atoms with Gasteiger partial charge in [-0.15, -0.1) is 0 Å². The van der Waals surface area contributed by atoms with Crippen molar-refractivity contribution in [3.05, 3.63) is 22.5 Å². The largest absolute Gasteiger partial charge is 0.440 e. The molecule has 1 amide bonds. The van der Waals surface area contributed by atoms with Gasteiger partial charge < -0.3 is 15.4 Å². The fourth-order valence-corrected chi connectivity index (χ4v) is 4.03. The van der Waals surface area contributed by atoms with Gasteiger partial charge >= 0.3 is 12.0 Å². The van der Waals surface area contributed by atoms with E-state index in [1.807, 2.05) is 0 Å². The molecule has 2 atom stereocenters. The molecule has 0 spiro atoms. The Balaban J connectivity index is 2.20. The van der Waals surface area contributed by atoms with Crippen LogP contribution in [0.5, 0.6) is 0 Å². The summed E-state index contributed by atoms with van der Waals surface area (Å²) in [6.07, 6.45) is -2.02. The highest BCUT2D eigenvalue weighted by Gasteiger charge is 2.59.